The van der Waals surface area contributed by atoms with E-state index in [1.807, 2.05) is 31.2 Å². The van der Waals surface area contributed by atoms with Gasteiger partial charge in [0.1, 0.15) is 11.9 Å². The Morgan fingerprint density at radius 3 is 2.71 bits per heavy atom. The summed E-state index contributed by atoms with van der Waals surface area (Å²) in [6, 6.07) is 13.2. The minimum atomic E-state index is -0.197. The maximum atomic E-state index is 11.9. The van der Waals surface area contributed by atoms with Gasteiger partial charge >= 0.3 is 0 Å². The Kier molecular flexibility index (Phi) is 5.62. The number of H-pyrrole nitrogens is 1. The van der Waals surface area contributed by atoms with E-state index in [2.05, 4.69) is 21.4 Å². The molecule has 5 nitrogen and oxygen atoms in total. The summed E-state index contributed by atoms with van der Waals surface area (Å²) in [7, 11) is 0. The molecule has 140 valence electrons. The van der Waals surface area contributed by atoms with Crippen molar-refractivity contribution in [3.05, 3.63) is 70.4 Å². The summed E-state index contributed by atoms with van der Waals surface area (Å²) in [5.74, 6) is 0.249. The number of carbonyl (C=O) groups excluding carboxylic acids is 1. The Labute approximate surface area is 168 Å². The number of nitrogens with zero attached hydrogens (tertiary/aromatic N) is 2. The van der Waals surface area contributed by atoms with Crippen LogP contribution in [-0.2, 0) is 4.79 Å². The van der Waals surface area contributed by atoms with Crippen molar-refractivity contribution in [3.8, 4) is 28.6 Å². The van der Waals surface area contributed by atoms with Crippen molar-refractivity contribution in [2.24, 2.45) is 0 Å². The standard InChI is InChI=1S/C22H19ClN4O/c1-4-13(2)22(28)27-19-9-8-15(12-25-19)21-16(11-24)10-18(26-21)20-14(3)6-5-7-17(20)23/h4-10,12,26H,1-3H3,(H,25,27,28). The quantitative estimate of drug-likeness (QED) is 0.578. The van der Waals surface area contributed by atoms with E-state index in [0.717, 1.165) is 22.4 Å². The lowest BCUT2D eigenvalue weighted by atomic mass is 10.1. The van der Waals surface area contributed by atoms with E-state index in [1.54, 1.807) is 38.3 Å². The van der Waals surface area contributed by atoms with Crippen LogP contribution < -0.4 is 5.32 Å². The van der Waals surface area contributed by atoms with Crippen LogP contribution in [0.1, 0.15) is 25.0 Å². The average molecular weight is 391 g/mol. The molecule has 0 aliphatic carbocycles. The normalized spacial score (nSPS) is 11.2. The highest BCUT2D eigenvalue weighted by atomic mass is 35.5. The number of benzene rings is 1. The lowest BCUT2D eigenvalue weighted by Gasteiger charge is -2.07. The van der Waals surface area contributed by atoms with E-state index in [9.17, 15) is 10.1 Å². The van der Waals surface area contributed by atoms with Gasteiger partial charge in [-0.3, -0.25) is 4.79 Å². The number of amides is 1. The molecule has 0 unspecified atom stereocenters. The zero-order valence-electron chi connectivity index (χ0n) is 15.8. The fourth-order valence-corrected chi connectivity index (χ4v) is 3.16. The van der Waals surface area contributed by atoms with Gasteiger partial charge in [-0.1, -0.05) is 29.8 Å². The third-order valence-corrected chi connectivity index (χ3v) is 4.83. The number of hydrogen-bond donors (Lipinski definition) is 2. The van der Waals surface area contributed by atoms with Gasteiger partial charge < -0.3 is 10.3 Å². The number of aromatic amines is 1. The highest BCUT2D eigenvalue weighted by Crippen LogP contribution is 2.34. The van der Waals surface area contributed by atoms with Gasteiger partial charge in [-0.25, -0.2) is 4.98 Å². The van der Waals surface area contributed by atoms with Crippen molar-refractivity contribution in [2.45, 2.75) is 20.8 Å². The molecule has 0 aliphatic rings. The highest BCUT2D eigenvalue weighted by molar-refractivity contribution is 6.33. The zero-order chi connectivity index (χ0) is 20.3. The van der Waals surface area contributed by atoms with Gasteiger partial charge in [-0.15, -0.1) is 0 Å². The first-order valence-electron chi connectivity index (χ1n) is 8.74. The second kappa shape index (κ2) is 8.12. The number of rotatable bonds is 4. The van der Waals surface area contributed by atoms with Gasteiger partial charge in [0.25, 0.3) is 5.91 Å². The fourth-order valence-electron chi connectivity index (χ4n) is 2.84. The van der Waals surface area contributed by atoms with Crippen LogP contribution in [-0.4, -0.2) is 15.9 Å². The molecule has 0 spiro atoms. The van der Waals surface area contributed by atoms with Crippen LogP contribution in [0.15, 0.2) is 54.2 Å². The summed E-state index contributed by atoms with van der Waals surface area (Å²) in [6.07, 6.45) is 3.36. The van der Waals surface area contributed by atoms with E-state index in [4.69, 9.17) is 11.6 Å². The summed E-state index contributed by atoms with van der Waals surface area (Å²) in [4.78, 5) is 19.5. The Hall–Kier alpha value is -3.36. The highest BCUT2D eigenvalue weighted by Gasteiger charge is 2.15. The Bertz CT molecular complexity index is 1080. The Morgan fingerprint density at radius 2 is 2.11 bits per heavy atom. The summed E-state index contributed by atoms with van der Waals surface area (Å²) >= 11 is 6.36. The van der Waals surface area contributed by atoms with Crippen LogP contribution >= 0.6 is 11.6 Å². The second-order valence-electron chi connectivity index (χ2n) is 6.37. The number of anilines is 1. The molecule has 3 rings (SSSR count). The number of nitrogens with one attached hydrogen (secondary N) is 2. The van der Waals surface area contributed by atoms with Gasteiger partial charge in [0, 0.05) is 28.6 Å². The van der Waals surface area contributed by atoms with Gasteiger partial charge in [0.05, 0.1) is 16.3 Å². The van der Waals surface area contributed by atoms with Crippen molar-refractivity contribution in [1.29, 1.82) is 5.26 Å². The molecule has 1 aromatic carbocycles. The van der Waals surface area contributed by atoms with E-state index in [0.29, 0.717) is 27.7 Å². The number of allylic oxidation sites excluding steroid dienone is 1. The minimum Gasteiger partial charge on any atom is -0.353 e. The van der Waals surface area contributed by atoms with Crippen LogP contribution in [0.5, 0.6) is 0 Å². The smallest absolute Gasteiger partial charge is 0.252 e. The summed E-state index contributed by atoms with van der Waals surface area (Å²) in [6.45, 7) is 5.51. The molecule has 0 fully saturated rings. The Morgan fingerprint density at radius 1 is 1.32 bits per heavy atom. The van der Waals surface area contributed by atoms with Gasteiger partial charge in [-0.2, -0.15) is 5.26 Å². The maximum Gasteiger partial charge on any atom is 0.252 e. The number of aromatic nitrogens is 2. The van der Waals surface area contributed by atoms with Crippen molar-refractivity contribution < 1.29 is 4.79 Å². The van der Waals surface area contributed by atoms with E-state index in [1.165, 1.54) is 0 Å². The predicted molar refractivity (Wildman–Crippen MR) is 112 cm³/mol. The van der Waals surface area contributed by atoms with E-state index in [-0.39, 0.29) is 5.91 Å². The number of halogens is 1. The van der Waals surface area contributed by atoms with Crippen LogP contribution in [0.2, 0.25) is 5.02 Å². The summed E-state index contributed by atoms with van der Waals surface area (Å²) in [5.41, 5.74) is 5.17. The van der Waals surface area contributed by atoms with Crippen molar-refractivity contribution in [1.82, 2.24) is 9.97 Å². The molecule has 6 heteroatoms. The molecular formula is C22H19ClN4O. The molecular weight excluding hydrogens is 372 g/mol. The molecule has 0 aliphatic heterocycles. The Balaban J connectivity index is 1.95. The second-order valence-corrected chi connectivity index (χ2v) is 6.78. The van der Waals surface area contributed by atoms with Crippen molar-refractivity contribution in [3.63, 3.8) is 0 Å². The molecule has 2 heterocycles. The minimum absolute atomic E-state index is 0.197. The van der Waals surface area contributed by atoms with E-state index < -0.39 is 0 Å². The summed E-state index contributed by atoms with van der Waals surface area (Å²) in [5, 5.41) is 12.9. The molecule has 2 N–H and O–H groups in total. The zero-order valence-corrected chi connectivity index (χ0v) is 16.6. The topological polar surface area (TPSA) is 81.6 Å². The van der Waals surface area contributed by atoms with Crippen molar-refractivity contribution in [2.75, 3.05) is 5.32 Å². The lowest BCUT2D eigenvalue weighted by Crippen LogP contribution is -2.13. The first-order chi connectivity index (χ1) is 13.4. The SMILES string of the molecule is CC=C(C)C(=O)Nc1ccc(-c2[nH]c(-c3c(C)cccc3Cl)cc2C#N)cn1. The molecule has 2 aromatic heterocycles. The van der Waals surface area contributed by atoms with E-state index >= 15 is 0 Å². The summed E-state index contributed by atoms with van der Waals surface area (Å²) < 4.78 is 0. The molecule has 0 saturated carbocycles. The van der Waals surface area contributed by atoms with Gasteiger partial charge in [0.2, 0.25) is 0 Å². The van der Waals surface area contributed by atoms with Gasteiger partial charge in [0.15, 0.2) is 0 Å². The van der Waals surface area contributed by atoms with Gasteiger partial charge in [-0.05, 0) is 50.6 Å². The lowest BCUT2D eigenvalue weighted by molar-refractivity contribution is -0.112. The molecule has 0 atom stereocenters. The number of nitriles is 1. The first kappa shape index (κ1) is 19.4. The third-order valence-electron chi connectivity index (χ3n) is 4.51. The number of carbonyl (C=O) groups is 1. The molecule has 28 heavy (non-hydrogen) atoms. The number of hydrogen-bond acceptors (Lipinski definition) is 3. The largest absolute Gasteiger partial charge is 0.353 e. The molecule has 0 radical (unpaired) electrons. The van der Waals surface area contributed by atoms with Crippen LogP contribution in [0, 0.1) is 18.3 Å². The van der Waals surface area contributed by atoms with Crippen molar-refractivity contribution >= 4 is 23.3 Å². The molecule has 0 saturated heterocycles. The maximum absolute atomic E-state index is 11.9. The van der Waals surface area contributed by atoms with Crippen LogP contribution in [0.4, 0.5) is 5.82 Å². The number of pyridine rings is 1. The first-order valence-corrected chi connectivity index (χ1v) is 9.11. The third kappa shape index (κ3) is 3.83. The van der Waals surface area contributed by atoms with Crippen LogP contribution in [0.3, 0.4) is 0 Å². The predicted octanol–water partition coefficient (Wildman–Crippen LogP) is 5.48. The fraction of sp³-hybridized carbons (Fsp3) is 0.136. The molecule has 0 bridgehead atoms. The molecule has 1 amide bonds. The molecule has 3 aromatic rings. The van der Waals surface area contributed by atoms with Crippen LogP contribution in [0.25, 0.3) is 22.5 Å². The average Bonchev–Trinajstić information content (AvgIpc) is 3.11. The monoisotopic (exact) mass is 390 g/mol. The number of aryl methyl sites for hydroxylation is 1.